The van der Waals surface area contributed by atoms with Gasteiger partial charge in [-0.2, -0.15) is 18.3 Å². The molecule has 0 aliphatic heterocycles. The summed E-state index contributed by atoms with van der Waals surface area (Å²) in [5.41, 5.74) is 5.07. The lowest BCUT2D eigenvalue weighted by Gasteiger charge is -2.10. The molecular formula is C18H13F3N4O. The summed E-state index contributed by atoms with van der Waals surface area (Å²) in [6.45, 7) is 0. The van der Waals surface area contributed by atoms with Crippen molar-refractivity contribution in [2.24, 2.45) is 5.10 Å². The first kappa shape index (κ1) is 16.3. The molecule has 132 valence electrons. The molecular weight excluding hydrogens is 345 g/mol. The highest BCUT2D eigenvalue weighted by molar-refractivity contribution is 6.05. The molecule has 0 radical (unpaired) electrons. The number of para-hydroxylation sites is 1. The molecule has 5 nitrogen and oxygen atoms in total. The van der Waals surface area contributed by atoms with Gasteiger partial charge < -0.3 is 5.11 Å². The smallest absolute Gasteiger partial charge is 0.451 e. The fourth-order valence-corrected chi connectivity index (χ4v) is 3.01. The van der Waals surface area contributed by atoms with E-state index < -0.39 is 12.0 Å². The summed E-state index contributed by atoms with van der Waals surface area (Å²) >= 11 is 0. The fourth-order valence-electron chi connectivity index (χ4n) is 3.01. The Morgan fingerprint density at radius 2 is 1.81 bits per heavy atom. The number of aromatic hydroxyl groups is 1. The van der Waals surface area contributed by atoms with Gasteiger partial charge in [0.25, 0.3) is 0 Å². The van der Waals surface area contributed by atoms with Crippen LogP contribution in [0.1, 0.15) is 23.4 Å². The molecule has 2 N–H and O–H groups in total. The van der Waals surface area contributed by atoms with Gasteiger partial charge in [0, 0.05) is 16.5 Å². The van der Waals surface area contributed by atoms with Crippen molar-refractivity contribution in [3.63, 3.8) is 0 Å². The van der Waals surface area contributed by atoms with Crippen LogP contribution in [-0.2, 0) is 12.6 Å². The number of fused-ring (bicyclic) bond motifs is 2. The summed E-state index contributed by atoms with van der Waals surface area (Å²) in [6, 6.07) is 11.6. The highest BCUT2D eigenvalue weighted by Gasteiger charge is 2.35. The minimum Gasteiger partial charge on any atom is -0.508 e. The van der Waals surface area contributed by atoms with Gasteiger partial charge in [0.05, 0.1) is 11.2 Å². The first-order valence-corrected chi connectivity index (χ1v) is 7.91. The summed E-state index contributed by atoms with van der Waals surface area (Å²) in [4.78, 5) is 7.18. The molecule has 0 spiro atoms. The Balaban J connectivity index is 1.76. The molecule has 1 heterocycles. The summed E-state index contributed by atoms with van der Waals surface area (Å²) in [5.74, 6) is -1.04. The van der Waals surface area contributed by atoms with E-state index in [4.69, 9.17) is 0 Å². The minimum absolute atomic E-state index is 0.0102. The highest BCUT2D eigenvalue weighted by Crippen LogP contribution is 2.32. The van der Waals surface area contributed by atoms with Gasteiger partial charge in [-0.05, 0) is 31.0 Å². The number of hydrogen-bond donors (Lipinski definition) is 2. The zero-order valence-corrected chi connectivity index (χ0v) is 13.4. The first-order chi connectivity index (χ1) is 12.4. The lowest BCUT2D eigenvalue weighted by molar-refractivity contribution is -0.144. The van der Waals surface area contributed by atoms with E-state index in [1.54, 1.807) is 30.3 Å². The summed E-state index contributed by atoms with van der Waals surface area (Å²) in [6.07, 6.45) is -3.45. The number of aromatic nitrogens is 2. The van der Waals surface area contributed by atoms with Gasteiger partial charge in [0.1, 0.15) is 5.75 Å². The average Bonchev–Trinajstić information content (AvgIpc) is 3.03. The summed E-state index contributed by atoms with van der Waals surface area (Å²) in [5, 5.41) is 14.6. The van der Waals surface area contributed by atoms with Gasteiger partial charge in [0.2, 0.25) is 5.82 Å². The molecule has 0 fully saturated rings. The molecule has 0 atom stereocenters. The Kier molecular flexibility index (Phi) is 3.75. The van der Waals surface area contributed by atoms with Crippen molar-refractivity contribution < 1.29 is 18.3 Å². The molecule has 0 unspecified atom stereocenters. The third kappa shape index (κ3) is 2.83. The Morgan fingerprint density at radius 1 is 1.00 bits per heavy atom. The molecule has 0 saturated heterocycles. The first-order valence-electron chi connectivity index (χ1n) is 7.91. The van der Waals surface area contributed by atoms with E-state index in [0.717, 1.165) is 11.1 Å². The van der Waals surface area contributed by atoms with E-state index in [1.165, 1.54) is 6.07 Å². The number of hydrazone groups is 1. The van der Waals surface area contributed by atoms with Gasteiger partial charge in [0.15, 0.2) is 5.82 Å². The molecule has 0 bridgehead atoms. The van der Waals surface area contributed by atoms with Crippen LogP contribution in [0.2, 0.25) is 0 Å². The van der Waals surface area contributed by atoms with Gasteiger partial charge in [-0.1, -0.05) is 24.3 Å². The zero-order valence-electron chi connectivity index (χ0n) is 13.4. The topological polar surface area (TPSA) is 70.4 Å². The van der Waals surface area contributed by atoms with Crippen molar-refractivity contribution in [1.29, 1.82) is 0 Å². The average molecular weight is 358 g/mol. The van der Waals surface area contributed by atoms with E-state index >= 15 is 0 Å². The number of nitrogens with zero attached hydrogens (tertiary/aromatic N) is 3. The van der Waals surface area contributed by atoms with E-state index in [9.17, 15) is 18.3 Å². The van der Waals surface area contributed by atoms with Crippen molar-refractivity contribution in [2.45, 2.75) is 19.0 Å². The van der Waals surface area contributed by atoms with Crippen molar-refractivity contribution in [2.75, 3.05) is 5.43 Å². The Bertz CT molecular complexity index is 1030. The third-order valence-electron chi connectivity index (χ3n) is 4.23. The monoisotopic (exact) mass is 358 g/mol. The zero-order chi connectivity index (χ0) is 18.3. The predicted octanol–water partition coefficient (Wildman–Crippen LogP) is 4.12. The van der Waals surface area contributed by atoms with E-state index in [1.807, 2.05) is 6.07 Å². The van der Waals surface area contributed by atoms with Crippen molar-refractivity contribution in [3.8, 4) is 5.75 Å². The fraction of sp³-hybridized carbons (Fsp3) is 0.167. The largest absolute Gasteiger partial charge is 0.508 e. The minimum atomic E-state index is -4.65. The third-order valence-corrected chi connectivity index (χ3v) is 4.23. The Morgan fingerprint density at radius 3 is 2.62 bits per heavy atom. The maximum Gasteiger partial charge on any atom is 0.451 e. The number of hydrogen-bond acceptors (Lipinski definition) is 5. The van der Waals surface area contributed by atoms with Gasteiger partial charge in [-0.25, -0.2) is 9.97 Å². The second-order valence-electron chi connectivity index (χ2n) is 5.88. The number of rotatable bonds is 2. The van der Waals surface area contributed by atoms with Crippen LogP contribution in [0, 0.1) is 0 Å². The number of phenols is 1. The van der Waals surface area contributed by atoms with Crippen LogP contribution in [0.25, 0.3) is 10.9 Å². The van der Waals surface area contributed by atoms with Crippen molar-refractivity contribution in [3.05, 3.63) is 59.4 Å². The van der Waals surface area contributed by atoms with Crippen molar-refractivity contribution in [1.82, 2.24) is 9.97 Å². The van der Waals surface area contributed by atoms with Crippen LogP contribution in [-0.4, -0.2) is 20.8 Å². The van der Waals surface area contributed by atoms with E-state index in [0.29, 0.717) is 23.9 Å². The van der Waals surface area contributed by atoms with Crippen LogP contribution in [0.15, 0.2) is 47.6 Å². The number of nitrogens with one attached hydrogen (secondary N) is 1. The highest BCUT2D eigenvalue weighted by atomic mass is 19.4. The number of benzene rings is 2. The number of alkyl halides is 3. The molecule has 26 heavy (non-hydrogen) atoms. The number of phenolic OH excluding ortho intramolecular Hbond substituents is 1. The molecule has 3 aromatic rings. The van der Waals surface area contributed by atoms with E-state index in [2.05, 4.69) is 20.5 Å². The molecule has 0 saturated carbocycles. The molecule has 0 amide bonds. The SMILES string of the molecule is Oc1cccc2c1CC/C2=N\Nc1nc(C(F)(F)F)nc2ccccc12. The Labute approximate surface area is 146 Å². The molecule has 1 aliphatic rings. The lowest BCUT2D eigenvalue weighted by Crippen LogP contribution is -2.13. The standard InChI is InChI=1S/C18H13F3N4O/c19-18(20,21)17-22-13-6-2-1-4-12(13)16(23-17)25-24-14-9-8-11-10(14)5-3-7-15(11)26/h1-7,26H,8-9H2,(H,22,23,25)/b24-14+. The molecule has 1 aliphatic carbocycles. The van der Waals surface area contributed by atoms with Gasteiger partial charge in [-0.15, -0.1) is 0 Å². The van der Waals surface area contributed by atoms with Crippen LogP contribution < -0.4 is 5.43 Å². The van der Waals surface area contributed by atoms with Crippen molar-refractivity contribution >= 4 is 22.4 Å². The summed E-state index contributed by atoms with van der Waals surface area (Å²) < 4.78 is 39.2. The van der Waals surface area contributed by atoms with Crippen LogP contribution >= 0.6 is 0 Å². The predicted molar refractivity (Wildman–Crippen MR) is 91.1 cm³/mol. The number of anilines is 1. The lowest BCUT2D eigenvalue weighted by atomic mass is 10.1. The normalized spacial score (nSPS) is 15.4. The van der Waals surface area contributed by atoms with Crippen LogP contribution in [0.3, 0.4) is 0 Å². The molecule has 2 aromatic carbocycles. The second-order valence-corrected chi connectivity index (χ2v) is 5.88. The Hall–Kier alpha value is -3.16. The summed E-state index contributed by atoms with van der Waals surface area (Å²) in [7, 11) is 0. The van der Waals surface area contributed by atoms with Crippen LogP contribution in [0.5, 0.6) is 5.75 Å². The van der Waals surface area contributed by atoms with E-state index in [-0.39, 0.29) is 17.1 Å². The molecule has 4 rings (SSSR count). The van der Waals surface area contributed by atoms with Gasteiger partial charge in [-0.3, -0.25) is 5.43 Å². The maximum atomic E-state index is 13.1. The van der Waals surface area contributed by atoms with Crippen LogP contribution in [0.4, 0.5) is 19.0 Å². The quantitative estimate of drug-likeness (QED) is 0.676. The molecule has 8 heteroatoms. The van der Waals surface area contributed by atoms with Gasteiger partial charge >= 0.3 is 6.18 Å². The number of halogens is 3. The maximum absolute atomic E-state index is 13.1. The molecule has 1 aromatic heterocycles. The second kappa shape index (κ2) is 5.98.